The zero-order valence-corrected chi connectivity index (χ0v) is 17.2. The van der Waals surface area contributed by atoms with Crippen LogP contribution in [0.1, 0.15) is 22.4 Å². The molecule has 1 aliphatic rings. The van der Waals surface area contributed by atoms with E-state index in [0.717, 1.165) is 12.1 Å². The Morgan fingerprint density at radius 3 is 2.80 bits per heavy atom. The number of fused-ring (bicyclic) bond motifs is 1. The second-order valence-electron chi connectivity index (χ2n) is 7.06. The largest absolute Gasteiger partial charge is 0.506 e. The van der Waals surface area contributed by atoms with Gasteiger partial charge in [-0.25, -0.2) is 4.57 Å². The lowest BCUT2D eigenvalue weighted by molar-refractivity contribution is -0.139. The van der Waals surface area contributed by atoms with E-state index in [2.05, 4.69) is 14.8 Å². The Labute approximate surface area is 173 Å². The number of carboxylic acids is 1. The van der Waals surface area contributed by atoms with Crippen molar-refractivity contribution in [3.8, 4) is 5.75 Å². The second-order valence-corrected chi connectivity index (χ2v) is 8.30. The molecule has 0 aliphatic carbocycles. The Hall–Kier alpha value is -2.49. The minimum Gasteiger partial charge on any atom is -0.506 e. The zero-order chi connectivity index (χ0) is 21.9. The average molecular weight is 437 g/mol. The minimum atomic E-state index is -4.71. The number of phosphoric acid groups is 1. The van der Waals surface area contributed by atoms with E-state index in [4.69, 9.17) is 9.79 Å². The van der Waals surface area contributed by atoms with Gasteiger partial charge in [0.05, 0.1) is 12.3 Å². The highest BCUT2D eigenvalue weighted by Crippen LogP contribution is 2.38. The highest BCUT2D eigenvalue weighted by Gasteiger charge is 2.26. The van der Waals surface area contributed by atoms with E-state index < -0.39 is 26.4 Å². The quantitative estimate of drug-likeness (QED) is 0.363. The van der Waals surface area contributed by atoms with Crippen LogP contribution in [0.5, 0.6) is 5.75 Å². The number of aromatic hydroxyl groups is 1. The molecule has 0 radical (unpaired) electrons. The summed E-state index contributed by atoms with van der Waals surface area (Å²) in [5.74, 6) is -1.22. The summed E-state index contributed by atoms with van der Waals surface area (Å²) < 4.78 is 15.5. The van der Waals surface area contributed by atoms with Crippen molar-refractivity contribution in [1.82, 2.24) is 10.3 Å². The molecule has 2 aromatic rings. The molecule has 0 amide bonds. The van der Waals surface area contributed by atoms with E-state index >= 15 is 0 Å². The topological polar surface area (TPSA) is 152 Å². The number of para-hydroxylation sites is 1. The second kappa shape index (κ2) is 9.11. The smallest absolute Gasteiger partial charge is 0.469 e. The Kier molecular flexibility index (Phi) is 6.74. The fourth-order valence-corrected chi connectivity index (χ4v) is 3.74. The first-order valence-corrected chi connectivity index (χ1v) is 10.8. The van der Waals surface area contributed by atoms with Gasteiger partial charge in [0, 0.05) is 42.6 Å². The van der Waals surface area contributed by atoms with Gasteiger partial charge in [0.2, 0.25) is 0 Å². The van der Waals surface area contributed by atoms with E-state index in [1.807, 2.05) is 29.2 Å². The predicted octanol–water partition coefficient (Wildman–Crippen LogP) is 1.31. The van der Waals surface area contributed by atoms with Crippen LogP contribution in [0.4, 0.5) is 5.69 Å². The third kappa shape index (κ3) is 5.35. The zero-order valence-electron chi connectivity index (χ0n) is 16.4. The molecule has 1 aromatic heterocycles. The Morgan fingerprint density at radius 1 is 1.37 bits per heavy atom. The number of carbonyl (C=O) groups is 1. The molecule has 162 valence electrons. The lowest BCUT2D eigenvalue weighted by Crippen LogP contribution is -2.45. The fourth-order valence-electron chi connectivity index (χ4n) is 3.43. The summed E-state index contributed by atoms with van der Waals surface area (Å²) in [5, 5.41) is 23.0. The average Bonchev–Trinajstić information content (AvgIpc) is 3.09. The van der Waals surface area contributed by atoms with Gasteiger partial charge in [0.25, 0.3) is 0 Å². The number of pyridine rings is 1. The maximum Gasteiger partial charge on any atom is 0.469 e. The third-order valence-electron chi connectivity index (χ3n) is 5.03. The predicted molar refractivity (Wildman–Crippen MR) is 108 cm³/mol. The molecule has 1 aromatic carbocycles. The van der Waals surface area contributed by atoms with E-state index in [0.29, 0.717) is 12.2 Å². The number of benzene rings is 1. The Balaban J connectivity index is 1.74. The van der Waals surface area contributed by atoms with Gasteiger partial charge in [0.1, 0.15) is 11.8 Å². The van der Waals surface area contributed by atoms with Gasteiger partial charge in [-0.1, -0.05) is 18.2 Å². The summed E-state index contributed by atoms with van der Waals surface area (Å²) in [4.78, 5) is 35.7. The highest BCUT2D eigenvalue weighted by atomic mass is 31.2. The Bertz CT molecular complexity index is 979. The maximum atomic E-state index is 11.8. The lowest BCUT2D eigenvalue weighted by Gasteiger charge is -2.25. The summed E-state index contributed by atoms with van der Waals surface area (Å²) in [6, 6.07) is 6.90. The van der Waals surface area contributed by atoms with Gasteiger partial charge in [-0.05, 0) is 25.0 Å². The van der Waals surface area contributed by atoms with Gasteiger partial charge in [0.15, 0.2) is 0 Å². The van der Waals surface area contributed by atoms with Gasteiger partial charge in [-0.15, -0.1) is 0 Å². The van der Waals surface area contributed by atoms with Crippen LogP contribution in [0.15, 0.2) is 30.5 Å². The number of anilines is 1. The molecule has 2 heterocycles. The standard InChI is InChI=1S/C19H24N3O7P/c1-12-18(23)15(14(8-20-12)11-29-30(26,27)28)9-21-16(19(24)25)10-22-7-6-13-4-2-3-5-17(13)22/h2-5,8,16,21,23H,6-7,9-11H2,1H3,(H,24,25)(H2,26,27,28). The van der Waals surface area contributed by atoms with Crippen LogP contribution in [0, 0.1) is 6.92 Å². The summed E-state index contributed by atoms with van der Waals surface area (Å²) in [6.45, 7) is 2.00. The van der Waals surface area contributed by atoms with Crippen molar-refractivity contribution in [2.24, 2.45) is 0 Å². The number of rotatable bonds is 9. The van der Waals surface area contributed by atoms with E-state index in [1.54, 1.807) is 6.92 Å². The Morgan fingerprint density at radius 2 is 2.10 bits per heavy atom. The number of aromatic nitrogens is 1. The van der Waals surface area contributed by atoms with Gasteiger partial charge in [-0.3, -0.25) is 19.6 Å². The van der Waals surface area contributed by atoms with E-state index in [1.165, 1.54) is 11.8 Å². The first kappa shape index (κ1) is 22.2. The molecule has 3 rings (SSSR count). The molecule has 0 saturated carbocycles. The van der Waals surface area contributed by atoms with Crippen LogP contribution in [-0.4, -0.2) is 50.1 Å². The normalized spacial score (nSPS) is 14.6. The summed E-state index contributed by atoms with van der Waals surface area (Å²) in [5.41, 5.74) is 3.02. The third-order valence-corrected chi connectivity index (χ3v) is 5.49. The molecule has 5 N–H and O–H groups in total. The molecule has 30 heavy (non-hydrogen) atoms. The van der Waals surface area contributed by atoms with Crippen molar-refractivity contribution in [1.29, 1.82) is 0 Å². The maximum absolute atomic E-state index is 11.8. The van der Waals surface area contributed by atoms with Crippen molar-refractivity contribution >= 4 is 19.5 Å². The summed E-state index contributed by atoms with van der Waals surface area (Å²) in [7, 11) is -4.71. The van der Waals surface area contributed by atoms with E-state index in [-0.39, 0.29) is 30.0 Å². The van der Waals surface area contributed by atoms with Gasteiger partial charge < -0.3 is 24.9 Å². The molecule has 11 heteroatoms. The first-order chi connectivity index (χ1) is 14.2. The number of phosphoric ester groups is 1. The molecule has 1 unspecified atom stereocenters. The van der Waals surface area contributed by atoms with Crippen LogP contribution >= 0.6 is 7.82 Å². The highest BCUT2D eigenvalue weighted by molar-refractivity contribution is 7.46. The molecule has 0 fully saturated rings. The number of hydrogen-bond donors (Lipinski definition) is 5. The van der Waals surface area contributed by atoms with Crippen molar-refractivity contribution in [2.75, 3.05) is 18.0 Å². The molecule has 1 atom stereocenters. The summed E-state index contributed by atoms with van der Waals surface area (Å²) in [6.07, 6.45) is 2.19. The number of aliphatic carboxylic acids is 1. The van der Waals surface area contributed by atoms with E-state index in [9.17, 15) is 19.6 Å². The van der Waals surface area contributed by atoms with Crippen LogP contribution in [-0.2, 0) is 33.5 Å². The van der Waals surface area contributed by atoms with Crippen molar-refractivity contribution in [2.45, 2.75) is 32.5 Å². The molecule has 1 aliphatic heterocycles. The van der Waals surface area contributed by atoms with Crippen LogP contribution in [0.2, 0.25) is 0 Å². The van der Waals surface area contributed by atoms with Crippen LogP contribution in [0.3, 0.4) is 0 Å². The monoisotopic (exact) mass is 437 g/mol. The van der Waals surface area contributed by atoms with Crippen LogP contribution in [0.25, 0.3) is 0 Å². The molecular weight excluding hydrogens is 413 g/mol. The number of nitrogens with one attached hydrogen (secondary N) is 1. The molecule has 10 nitrogen and oxygen atoms in total. The number of nitrogens with zero attached hydrogens (tertiary/aromatic N) is 2. The SMILES string of the molecule is Cc1ncc(COP(=O)(O)O)c(CNC(CN2CCc3ccccc32)C(=O)O)c1O. The minimum absolute atomic E-state index is 0.0402. The number of aryl methyl sites for hydroxylation is 1. The lowest BCUT2D eigenvalue weighted by atomic mass is 10.1. The van der Waals surface area contributed by atoms with Crippen molar-refractivity contribution < 1.29 is 33.9 Å². The molecule has 0 bridgehead atoms. The molecular formula is C19H24N3O7P. The van der Waals surface area contributed by atoms with Crippen molar-refractivity contribution in [3.05, 3.63) is 52.8 Å². The first-order valence-electron chi connectivity index (χ1n) is 9.31. The van der Waals surface area contributed by atoms with Gasteiger partial charge in [-0.2, -0.15) is 0 Å². The van der Waals surface area contributed by atoms with Gasteiger partial charge >= 0.3 is 13.8 Å². The number of hydrogen-bond acceptors (Lipinski definition) is 7. The van der Waals surface area contributed by atoms with Crippen LogP contribution < -0.4 is 10.2 Å². The van der Waals surface area contributed by atoms with Crippen molar-refractivity contribution in [3.63, 3.8) is 0 Å². The fraction of sp³-hybridized carbons (Fsp3) is 0.368. The summed E-state index contributed by atoms with van der Waals surface area (Å²) >= 11 is 0. The number of carboxylic acid groups (broad SMARTS) is 1. The molecule has 0 saturated heterocycles. The molecule has 0 spiro atoms.